The maximum absolute atomic E-state index is 11.0. The highest BCUT2D eigenvalue weighted by Gasteiger charge is 2.16. The summed E-state index contributed by atoms with van der Waals surface area (Å²) in [5.74, 6) is -1.52. The van der Waals surface area contributed by atoms with Crippen LogP contribution in [0.5, 0.6) is 0 Å². The third kappa shape index (κ3) is 2.53. The van der Waals surface area contributed by atoms with Gasteiger partial charge in [-0.05, 0) is 6.92 Å². The van der Waals surface area contributed by atoms with Crippen LogP contribution in [0.3, 0.4) is 0 Å². The van der Waals surface area contributed by atoms with Gasteiger partial charge in [-0.15, -0.1) is 11.3 Å². The van der Waals surface area contributed by atoms with Crippen molar-refractivity contribution in [3.63, 3.8) is 0 Å². The standard InChI is InChI=1S/C8H9NO4S/c1-2-13-6(10)3-5-7(8(11)12)14-4-9-5/h4H,2-3H2,1H3,(H,11,12). The van der Waals surface area contributed by atoms with Crippen molar-refractivity contribution in [2.24, 2.45) is 0 Å². The molecular formula is C8H9NO4S. The number of esters is 1. The van der Waals surface area contributed by atoms with Crippen molar-refractivity contribution in [3.05, 3.63) is 16.1 Å². The average molecular weight is 215 g/mol. The second kappa shape index (κ2) is 4.71. The fourth-order valence-electron chi connectivity index (χ4n) is 0.918. The van der Waals surface area contributed by atoms with Crippen molar-refractivity contribution in [2.45, 2.75) is 13.3 Å². The van der Waals surface area contributed by atoms with Crippen LogP contribution in [0.4, 0.5) is 0 Å². The van der Waals surface area contributed by atoms with E-state index in [4.69, 9.17) is 5.11 Å². The minimum atomic E-state index is -1.06. The van der Waals surface area contributed by atoms with Crippen molar-refractivity contribution in [2.75, 3.05) is 6.61 Å². The molecule has 0 fully saturated rings. The molecule has 1 aromatic rings. The van der Waals surface area contributed by atoms with E-state index in [0.717, 1.165) is 11.3 Å². The Morgan fingerprint density at radius 3 is 2.93 bits per heavy atom. The minimum absolute atomic E-state index is 0.0844. The van der Waals surface area contributed by atoms with Gasteiger partial charge in [-0.3, -0.25) is 4.79 Å². The van der Waals surface area contributed by atoms with Crippen LogP contribution < -0.4 is 0 Å². The molecule has 5 nitrogen and oxygen atoms in total. The lowest BCUT2D eigenvalue weighted by molar-refractivity contribution is -0.142. The number of carbonyl (C=O) groups is 2. The van der Waals surface area contributed by atoms with Gasteiger partial charge in [0.15, 0.2) is 0 Å². The molecule has 6 heteroatoms. The molecular weight excluding hydrogens is 206 g/mol. The maximum atomic E-state index is 11.0. The summed E-state index contributed by atoms with van der Waals surface area (Å²) in [6.07, 6.45) is -0.0844. The van der Waals surface area contributed by atoms with Gasteiger partial charge in [0, 0.05) is 0 Å². The first kappa shape index (κ1) is 10.6. The van der Waals surface area contributed by atoms with Gasteiger partial charge >= 0.3 is 11.9 Å². The number of nitrogens with zero attached hydrogens (tertiary/aromatic N) is 1. The SMILES string of the molecule is CCOC(=O)Cc1ncsc1C(=O)O. The molecule has 1 heterocycles. The second-order valence-electron chi connectivity index (χ2n) is 2.42. The van der Waals surface area contributed by atoms with Gasteiger partial charge < -0.3 is 9.84 Å². The number of thiazole rings is 1. The zero-order chi connectivity index (χ0) is 10.6. The van der Waals surface area contributed by atoms with E-state index in [0.29, 0.717) is 0 Å². The number of rotatable bonds is 4. The summed E-state index contributed by atoms with van der Waals surface area (Å²) in [4.78, 5) is 25.6. The van der Waals surface area contributed by atoms with E-state index in [9.17, 15) is 9.59 Å². The summed E-state index contributed by atoms with van der Waals surface area (Å²) >= 11 is 0.999. The highest BCUT2D eigenvalue weighted by atomic mass is 32.1. The average Bonchev–Trinajstić information content (AvgIpc) is 2.52. The quantitative estimate of drug-likeness (QED) is 0.756. The zero-order valence-corrected chi connectivity index (χ0v) is 8.34. The molecule has 0 bridgehead atoms. The molecule has 0 radical (unpaired) electrons. The molecule has 76 valence electrons. The molecule has 0 spiro atoms. The van der Waals surface area contributed by atoms with Gasteiger partial charge in [0.05, 0.1) is 24.2 Å². The van der Waals surface area contributed by atoms with Crippen LogP contribution in [0, 0.1) is 0 Å². The van der Waals surface area contributed by atoms with Gasteiger partial charge in [0.1, 0.15) is 4.88 Å². The number of aromatic nitrogens is 1. The highest BCUT2D eigenvalue weighted by Crippen LogP contribution is 2.13. The summed E-state index contributed by atoms with van der Waals surface area (Å²) < 4.78 is 4.68. The molecule has 1 aromatic heterocycles. The summed E-state index contributed by atoms with van der Waals surface area (Å²) in [5.41, 5.74) is 1.67. The number of ether oxygens (including phenoxy) is 1. The predicted molar refractivity (Wildman–Crippen MR) is 49.4 cm³/mol. The van der Waals surface area contributed by atoms with E-state index in [1.54, 1.807) is 6.92 Å². The molecule has 0 amide bonds. The lowest BCUT2D eigenvalue weighted by atomic mass is 10.3. The van der Waals surface area contributed by atoms with Crippen LogP contribution in [0.25, 0.3) is 0 Å². The Morgan fingerprint density at radius 1 is 1.64 bits per heavy atom. The van der Waals surface area contributed by atoms with Gasteiger partial charge in [0.25, 0.3) is 0 Å². The summed E-state index contributed by atoms with van der Waals surface area (Å²) in [6, 6.07) is 0. The van der Waals surface area contributed by atoms with Gasteiger partial charge in [0.2, 0.25) is 0 Å². The van der Waals surface area contributed by atoms with Crippen molar-refractivity contribution in [1.82, 2.24) is 4.98 Å². The van der Waals surface area contributed by atoms with Gasteiger partial charge in [-0.25, -0.2) is 9.78 Å². The molecule has 0 aliphatic carbocycles. The fraction of sp³-hybridized carbons (Fsp3) is 0.375. The van der Waals surface area contributed by atoms with Crippen molar-refractivity contribution in [3.8, 4) is 0 Å². The molecule has 1 N–H and O–H groups in total. The summed E-state index contributed by atoms with van der Waals surface area (Å²) in [5, 5.41) is 8.72. The van der Waals surface area contributed by atoms with E-state index >= 15 is 0 Å². The van der Waals surface area contributed by atoms with E-state index in [2.05, 4.69) is 9.72 Å². The largest absolute Gasteiger partial charge is 0.477 e. The first-order valence-corrected chi connectivity index (χ1v) is 4.84. The fourth-order valence-corrected chi connectivity index (χ4v) is 1.56. The lowest BCUT2D eigenvalue weighted by Crippen LogP contribution is -2.10. The Kier molecular flexibility index (Phi) is 3.58. The topological polar surface area (TPSA) is 76.5 Å². The number of carboxylic acid groups (broad SMARTS) is 1. The molecule has 0 saturated carbocycles. The second-order valence-corrected chi connectivity index (χ2v) is 3.27. The Morgan fingerprint density at radius 2 is 2.36 bits per heavy atom. The number of carbonyl (C=O) groups excluding carboxylic acids is 1. The molecule has 0 aliphatic rings. The van der Waals surface area contributed by atoms with Crippen LogP contribution in [-0.4, -0.2) is 28.6 Å². The molecule has 0 unspecified atom stereocenters. The van der Waals surface area contributed by atoms with Crippen LogP contribution in [-0.2, 0) is 16.0 Å². The van der Waals surface area contributed by atoms with Crippen LogP contribution in [0.15, 0.2) is 5.51 Å². The van der Waals surface area contributed by atoms with E-state index in [1.807, 2.05) is 0 Å². The van der Waals surface area contributed by atoms with Crippen LogP contribution in [0.1, 0.15) is 22.3 Å². The normalized spacial score (nSPS) is 9.79. The summed E-state index contributed by atoms with van der Waals surface area (Å²) in [7, 11) is 0. The number of hydrogen-bond acceptors (Lipinski definition) is 5. The molecule has 0 atom stereocenters. The monoisotopic (exact) mass is 215 g/mol. The number of hydrogen-bond donors (Lipinski definition) is 1. The molecule has 0 aliphatic heterocycles. The third-order valence-corrected chi connectivity index (χ3v) is 2.31. The first-order chi connectivity index (χ1) is 6.65. The van der Waals surface area contributed by atoms with Crippen molar-refractivity contribution >= 4 is 23.3 Å². The molecule has 14 heavy (non-hydrogen) atoms. The Bertz CT molecular complexity index is 347. The maximum Gasteiger partial charge on any atom is 0.347 e. The number of aromatic carboxylic acids is 1. The van der Waals surface area contributed by atoms with Crippen LogP contribution in [0.2, 0.25) is 0 Å². The minimum Gasteiger partial charge on any atom is -0.477 e. The molecule has 1 rings (SSSR count). The molecule has 0 saturated heterocycles. The number of carboxylic acids is 1. The van der Waals surface area contributed by atoms with Crippen molar-refractivity contribution in [1.29, 1.82) is 0 Å². The third-order valence-electron chi connectivity index (χ3n) is 1.45. The predicted octanol–water partition coefficient (Wildman–Crippen LogP) is 0.947. The molecule has 0 aromatic carbocycles. The van der Waals surface area contributed by atoms with Gasteiger partial charge in [-0.2, -0.15) is 0 Å². The Labute approximate surface area is 84.3 Å². The Hall–Kier alpha value is -1.43. The van der Waals surface area contributed by atoms with Crippen LogP contribution >= 0.6 is 11.3 Å². The van der Waals surface area contributed by atoms with Gasteiger partial charge in [-0.1, -0.05) is 0 Å². The highest BCUT2D eigenvalue weighted by molar-refractivity contribution is 7.11. The smallest absolute Gasteiger partial charge is 0.347 e. The van der Waals surface area contributed by atoms with E-state index in [-0.39, 0.29) is 23.6 Å². The Balaban J connectivity index is 2.71. The van der Waals surface area contributed by atoms with Crippen molar-refractivity contribution < 1.29 is 19.4 Å². The lowest BCUT2D eigenvalue weighted by Gasteiger charge is -1.99. The van der Waals surface area contributed by atoms with E-state index in [1.165, 1.54) is 5.51 Å². The summed E-state index contributed by atoms with van der Waals surface area (Å²) in [6.45, 7) is 1.97. The zero-order valence-electron chi connectivity index (χ0n) is 7.52. The van der Waals surface area contributed by atoms with E-state index < -0.39 is 11.9 Å². The first-order valence-electron chi connectivity index (χ1n) is 3.96.